The van der Waals surface area contributed by atoms with Crippen LogP contribution in [0.5, 0.6) is 0 Å². The average molecular weight is 258 g/mol. The molecule has 2 aliphatic rings. The lowest BCUT2D eigenvalue weighted by atomic mass is 9.92. The molecule has 0 radical (unpaired) electrons. The summed E-state index contributed by atoms with van der Waals surface area (Å²) in [4.78, 5) is 26.3. The second kappa shape index (κ2) is 3.62. The van der Waals surface area contributed by atoms with Crippen LogP contribution in [0.4, 0.5) is 4.79 Å². The number of likely N-dealkylation sites (N-methyl/N-ethyl adjacent to an activating group) is 1. The number of nitriles is 1. The van der Waals surface area contributed by atoms with Crippen molar-refractivity contribution in [2.45, 2.75) is 12.0 Å². The Morgan fingerprint density at radius 3 is 2.79 bits per heavy atom. The van der Waals surface area contributed by atoms with Gasteiger partial charge in [-0.1, -0.05) is 0 Å². The van der Waals surface area contributed by atoms with Crippen LogP contribution in [-0.2, 0) is 4.79 Å². The summed E-state index contributed by atoms with van der Waals surface area (Å²) in [5.74, 6) is -0.555. The van der Waals surface area contributed by atoms with Crippen molar-refractivity contribution < 1.29 is 14.0 Å². The molecule has 19 heavy (non-hydrogen) atoms. The topological polar surface area (TPSA) is 104 Å². The Bertz CT molecular complexity index is 640. The van der Waals surface area contributed by atoms with E-state index in [2.05, 4.69) is 0 Å². The largest absolute Gasteiger partial charge is 0.469 e. The van der Waals surface area contributed by atoms with Gasteiger partial charge in [-0.05, 0) is 12.1 Å². The predicted molar refractivity (Wildman–Crippen MR) is 62.1 cm³/mol. The maximum absolute atomic E-state index is 12.1. The summed E-state index contributed by atoms with van der Waals surface area (Å²) in [6.07, 6.45) is 1.45. The summed E-state index contributed by atoms with van der Waals surface area (Å²) in [7, 11) is 1.39. The first-order valence-corrected chi connectivity index (χ1v) is 5.61. The first-order valence-electron chi connectivity index (χ1n) is 5.61. The number of rotatable bonds is 1. The summed E-state index contributed by atoms with van der Waals surface area (Å²) in [6, 6.07) is 3.95. The number of hydrogen-bond acceptors (Lipinski definition) is 5. The van der Waals surface area contributed by atoms with Gasteiger partial charge in [0.15, 0.2) is 0 Å². The quantitative estimate of drug-likeness (QED) is 0.731. The van der Waals surface area contributed by atoms with Crippen LogP contribution in [0, 0.1) is 11.3 Å². The number of imide groups is 1. The third kappa shape index (κ3) is 1.25. The molecule has 1 aromatic rings. The number of nitrogens with two attached hydrogens (primary N) is 1. The molecule has 3 heterocycles. The smallest absolute Gasteiger partial charge is 0.332 e. The van der Waals surface area contributed by atoms with Crippen molar-refractivity contribution in [3.05, 3.63) is 35.6 Å². The molecule has 7 heteroatoms. The Kier molecular flexibility index (Phi) is 2.16. The van der Waals surface area contributed by atoms with E-state index >= 15 is 0 Å². The van der Waals surface area contributed by atoms with E-state index in [4.69, 9.17) is 10.2 Å². The number of carbonyl (C=O) groups is 2. The Morgan fingerprint density at radius 2 is 2.21 bits per heavy atom. The number of fused-ring (bicyclic) bond motifs is 1. The van der Waals surface area contributed by atoms with E-state index in [1.54, 1.807) is 12.1 Å². The van der Waals surface area contributed by atoms with Gasteiger partial charge >= 0.3 is 6.03 Å². The van der Waals surface area contributed by atoms with E-state index in [1.807, 2.05) is 6.07 Å². The molecule has 2 aliphatic heterocycles. The number of amides is 3. The highest BCUT2D eigenvalue weighted by Crippen LogP contribution is 2.43. The summed E-state index contributed by atoms with van der Waals surface area (Å²) < 4.78 is 5.28. The van der Waals surface area contributed by atoms with Gasteiger partial charge in [0.2, 0.25) is 0 Å². The van der Waals surface area contributed by atoms with Crippen molar-refractivity contribution in [3.8, 4) is 6.07 Å². The molecule has 3 rings (SSSR count). The molecule has 3 amide bonds. The number of carbonyl (C=O) groups excluding carboxylic acids is 2. The van der Waals surface area contributed by atoms with Crippen LogP contribution in [0.15, 0.2) is 34.2 Å². The SMILES string of the molecule is CN1C(=O)[C@@H]2[C@@H](c3ccco3)C(C#N)=C(N)N2C1=O. The van der Waals surface area contributed by atoms with Crippen molar-refractivity contribution in [3.63, 3.8) is 0 Å². The van der Waals surface area contributed by atoms with Crippen molar-refractivity contribution in [1.82, 2.24) is 9.80 Å². The molecule has 1 aromatic heterocycles. The minimum atomic E-state index is -0.821. The van der Waals surface area contributed by atoms with Gasteiger partial charge in [0.05, 0.1) is 23.8 Å². The van der Waals surface area contributed by atoms with Gasteiger partial charge in [0.25, 0.3) is 5.91 Å². The zero-order valence-corrected chi connectivity index (χ0v) is 10.0. The predicted octanol–water partition coefficient (Wildman–Crippen LogP) is 0.333. The molecule has 0 spiro atoms. The molecule has 2 N–H and O–H groups in total. The highest BCUT2D eigenvalue weighted by Gasteiger charge is 2.56. The standard InChI is InChI=1S/C12H10N4O3/c1-15-11(17)9-8(7-3-2-4-19-7)6(5-13)10(14)16(9)12(15)18/h2-4,8-9H,14H2,1H3/t8-,9+/m1/s1. The lowest BCUT2D eigenvalue weighted by molar-refractivity contribution is -0.127. The average Bonchev–Trinajstić information content (AvgIpc) is 3.05. The fourth-order valence-electron chi connectivity index (χ4n) is 2.57. The molecule has 1 saturated heterocycles. The molecule has 2 atom stereocenters. The first kappa shape index (κ1) is 11.3. The molecule has 0 bridgehead atoms. The highest BCUT2D eigenvalue weighted by atomic mass is 16.3. The zero-order chi connectivity index (χ0) is 13.7. The maximum atomic E-state index is 12.1. The maximum Gasteiger partial charge on any atom is 0.332 e. The van der Waals surface area contributed by atoms with Gasteiger partial charge < -0.3 is 10.2 Å². The van der Waals surface area contributed by atoms with Crippen molar-refractivity contribution in [1.29, 1.82) is 5.26 Å². The highest BCUT2D eigenvalue weighted by molar-refractivity contribution is 6.06. The van der Waals surface area contributed by atoms with Crippen LogP contribution in [-0.4, -0.2) is 34.8 Å². The molecule has 0 aliphatic carbocycles. The van der Waals surface area contributed by atoms with Gasteiger partial charge in [0, 0.05) is 7.05 Å². The van der Waals surface area contributed by atoms with E-state index < -0.39 is 18.0 Å². The summed E-state index contributed by atoms with van der Waals surface area (Å²) in [6.45, 7) is 0. The lowest BCUT2D eigenvalue weighted by Crippen LogP contribution is -2.35. The van der Waals surface area contributed by atoms with Gasteiger partial charge in [0.1, 0.15) is 17.6 Å². The molecule has 7 nitrogen and oxygen atoms in total. The molecule has 1 fully saturated rings. The molecule has 0 unspecified atom stereocenters. The number of hydrogen-bond donors (Lipinski definition) is 1. The molecular weight excluding hydrogens is 248 g/mol. The van der Waals surface area contributed by atoms with Crippen LogP contribution in [0.2, 0.25) is 0 Å². The Labute approximate surface area is 108 Å². The van der Waals surface area contributed by atoms with Gasteiger partial charge in [-0.15, -0.1) is 0 Å². The summed E-state index contributed by atoms with van der Waals surface area (Å²) in [5.41, 5.74) is 6.02. The normalized spacial score (nSPS) is 26.1. The van der Waals surface area contributed by atoms with Crippen molar-refractivity contribution in [2.75, 3.05) is 7.05 Å². The molecular formula is C12H10N4O3. The second-order valence-electron chi connectivity index (χ2n) is 4.40. The Morgan fingerprint density at radius 1 is 1.47 bits per heavy atom. The van der Waals surface area contributed by atoms with E-state index in [0.29, 0.717) is 5.76 Å². The number of urea groups is 1. The third-order valence-electron chi connectivity index (χ3n) is 3.49. The first-order chi connectivity index (χ1) is 9.07. The van der Waals surface area contributed by atoms with Crippen LogP contribution >= 0.6 is 0 Å². The third-order valence-corrected chi connectivity index (χ3v) is 3.49. The fraction of sp³-hybridized carbons (Fsp3) is 0.250. The van der Waals surface area contributed by atoms with Crippen LogP contribution < -0.4 is 5.73 Å². The number of nitrogens with zero attached hydrogens (tertiary/aromatic N) is 3. The second-order valence-corrected chi connectivity index (χ2v) is 4.40. The fourth-order valence-corrected chi connectivity index (χ4v) is 2.57. The molecule has 0 saturated carbocycles. The number of furan rings is 1. The molecule has 96 valence electrons. The van der Waals surface area contributed by atoms with Crippen LogP contribution in [0.25, 0.3) is 0 Å². The molecule has 0 aromatic carbocycles. The minimum absolute atomic E-state index is 0.0246. The van der Waals surface area contributed by atoms with Gasteiger partial charge in [-0.3, -0.25) is 14.6 Å². The van der Waals surface area contributed by atoms with E-state index in [-0.39, 0.29) is 17.3 Å². The zero-order valence-electron chi connectivity index (χ0n) is 10.0. The van der Waals surface area contributed by atoms with Crippen molar-refractivity contribution >= 4 is 11.9 Å². The van der Waals surface area contributed by atoms with E-state index in [1.165, 1.54) is 13.3 Å². The van der Waals surface area contributed by atoms with Crippen molar-refractivity contribution in [2.24, 2.45) is 5.73 Å². The van der Waals surface area contributed by atoms with Gasteiger partial charge in [-0.25, -0.2) is 4.79 Å². The van der Waals surface area contributed by atoms with Crippen LogP contribution in [0.3, 0.4) is 0 Å². The summed E-state index contributed by atoms with van der Waals surface area (Å²) in [5, 5.41) is 9.21. The van der Waals surface area contributed by atoms with Crippen LogP contribution in [0.1, 0.15) is 11.7 Å². The summed E-state index contributed by atoms with van der Waals surface area (Å²) >= 11 is 0. The Balaban J connectivity index is 2.17. The monoisotopic (exact) mass is 258 g/mol. The van der Waals surface area contributed by atoms with E-state index in [9.17, 15) is 14.9 Å². The van der Waals surface area contributed by atoms with Gasteiger partial charge in [-0.2, -0.15) is 5.26 Å². The minimum Gasteiger partial charge on any atom is -0.469 e. The Hall–Kier alpha value is -2.75. The lowest BCUT2D eigenvalue weighted by Gasteiger charge is -2.16. The van der Waals surface area contributed by atoms with E-state index in [0.717, 1.165) is 9.80 Å².